The van der Waals surface area contributed by atoms with Crippen molar-refractivity contribution in [2.75, 3.05) is 26.9 Å². The molecule has 3 nitrogen and oxygen atoms in total. The van der Waals surface area contributed by atoms with Gasteiger partial charge in [0.1, 0.15) is 6.10 Å². The third-order valence-electron chi connectivity index (χ3n) is 1.63. The summed E-state index contributed by atoms with van der Waals surface area (Å²) in [7, 11) is 1.61. The molecule has 0 fully saturated rings. The number of thiophene rings is 1. The lowest BCUT2D eigenvalue weighted by atomic mass is 10.3. The summed E-state index contributed by atoms with van der Waals surface area (Å²) >= 11 is 7.10. The quantitative estimate of drug-likeness (QED) is 0.769. The molecule has 1 N–H and O–H groups in total. The molecule has 0 aliphatic rings. The van der Waals surface area contributed by atoms with Crippen molar-refractivity contribution in [3.8, 4) is 0 Å². The topological polar surface area (TPSA) is 38.7 Å². The van der Waals surface area contributed by atoms with E-state index >= 15 is 0 Å². The molecule has 0 aliphatic carbocycles. The molecule has 1 aromatic heterocycles. The number of methoxy groups -OCH3 is 1. The van der Waals surface area contributed by atoms with Gasteiger partial charge in [-0.1, -0.05) is 11.6 Å². The number of hydrogen-bond acceptors (Lipinski definition) is 4. The van der Waals surface area contributed by atoms with Crippen LogP contribution in [-0.2, 0) is 9.47 Å². The minimum absolute atomic E-state index is 0.278. The highest BCUT2D eigenvalue weighted by molar-refractivity contribution is 7.16. The molecule has 5 heteroatoms. The Hall–Kier alpha value is -0.130. The van der Waals surface area contributed by atoms with E-state index in [0.29, 0.717) is 17.6 Å². The minimum atomic E-state index is -0.593. The number of aliphatic hydroxyl groups is 1. The van der Waals surface area contributed by atoms with Crippen LogP contribution in [0, 0.1) is 0 Å². The Labute approximate surface area is 92.2 Å². The normalized spacial score (nSPS) is 13.1. The number of halogens is 1. The smallest absolute Gasteiger partial charge is 0.111 e. The van der Waals surface area contributed by atoms with Gasteiger partial charge in [-0.15, -0.1) is 11.3 Å². The van der Waals surface area contributed by atoms with Gasteiger partial charge in [-0.25, -0.2) is 0 Å². The molecule has 1 aromatic rings. The molecule has 1 heterocycles. The predicted octanol–water partition coefficient (Wildman–Crippen LogP) is 2.10. The molecular weight excluding hydrogens is 224 g/mol. The Kier molecular flexibility index (Phi) is 5.44. The fourth-order valence-corrected chi connectivity index (χ4v) is 1.96. The van der Waals surface area contributed by atoms with Crippen molar-refractivity contribution >= 4 is 22.9 Å². The first-order chi connectivity index (χ1) is 6.74. The fraction of sp³-hybridized carbons (Fsp3) is 0.556. The first-order valence-corrected chi connectivity index (χ1v) is 5.43. The molecular formula is C9H13ClO3S. The zero-order chi connectivity index (χ0) is 10.4. The van der Waals surface area contributed by atoms with Gasteiger partial charge in [0.15, 0.2) is 0 Å². The lowest BCUT2D eigenvalue weighted by molar-refractivity contribution is 0.0139. The van der Waals surface area contributed by atoms with Gasteiger partial charge in [0.05, 0.1) is 24.2 Å². The van der Waals surface area contributed by atoms with Crippen LogP contribution >= 0.6 is 22.9 Å². The molecule has 0 aromatic carbocycles. The van der Waals surface area contributed by atoms with Crippen LogP contribution in [0.2, 0.25) is 4.34 Å². The van der Waals surface area contributed by atoms with E-state index in [9.17, 15) is 5.11 Å². The zero-order valence-electron chi connectivity index (χ0n) is 7.90. The molecule has 14 heavy (non-hydrogen) atoms. The molecule has 0 radical (unpaired) electrons. The summed E-state index contributed by atoms with van der Waals surface area (Å²) < 4.78 is 10.7. The van der Waals surface area contributed by atoms with Crippen LogP contribution in [0.1, 0.15) is 11.0 Å². The van der Waals surface area contributed by atoms with Crippen molar-refractivity contribution in [2.45, 2.75) is 6.10 Å². The number of ether oxygens (including phenoxy) is 2. The second kappa shape index (κ2) is 6.37. The number of rotatable bonds is 6. The maximum absolute atomic E-state index is 9.62. The summed E-state index contributed by atoms with van der Waals surface area (Å²) in [5.41, 5.74) is 0. The fourth-order valence-electron chi connectivity index (χ4n) is 0.927. The van der Waals surface area contributed by atoms with Crippen LogP contribution in [0.15, 0.2) is 12.1 Å². The van der Waals surface area contributed by atoms with Crippen molar-refractivity contribution in [2.24, 2.45) is 0 Å². The van der Waals surface area contributed by atoms with Crippen LogP contribution < -0.4 is 0 Å². The Balaban J connectivity index is 2.25. The molecule has 80 valence electrons. The van der Waals surface area contributed by atoms with Gasteiger partial charge >= 0.3 is 0 Å². The van der Waals surface area contributed by atoms with E-state index in [1.54, 1.807) is 19.2 Å². The van der Waals surface area contributed by atoms with E-state index in [-0.39, 0.29) is 6.61 Å². The van der Waals surface area contributed by atoms with Gasteiger partial charge in [0.25, 0.3) is 0 Å². The van der Waals surface area contributed by atoms with Gasteiger partial charge in [-0.05, 0) is 12.1 Å². The van der Waals surface area contributed by atoms with E-state index in [4.69, 9.17) is 21.1 Å². The Morgan fingerprint density at radius 2 is 2.29 bits per heavy atom. The van der Waals surface area contributed by atoms with Gasteiger partial charge in [0.2, 0.25) is 0 Å². The van der Waals surface area contributed by atoms with E-state index in [2.05, 4.69) is 0 Å². The summed E-state index contributed by atoms with van der Waals surface area (Å²) in [6.45, 7) is 1.31. The lowest BCUT2D eigenvalue weighted by Crippen LogP contribution is -2.09. The minimum Gasteiger partial charge on any atom is -0.385 e. The molecule has 0 spiro atoms. The van der Waals surface area contributed by atoms with Crippen LogP contribution in [-0.4, -0.2) is 32.0 Å². The third-order valence-corrected chi connectivity index (χ3v) is 2.96. The van der Waals surface area contributed by atoms with Crippen LogP contribution in [0.5, 0.6) is 0 Å². The highest BCUT2D eigenvalue weighted by Gasteiger charge is 2.09. The van der Waals surface area contributed by atoms with Crippen LogP contribution in [0.3, 0.4) is 0 Å². The second-order valence-corrected chi connectivity index (χ2v) is 4.47. The van der Waals surface area contributed by atoms with Gasteiger partial charge in [-0.3, -0.25) is 0 Å². The molecule has 0 saturated carbocycles. The molecule has 0 amide bonds. The standard InChI is InChI=1S/C9H13ClO3S/c1-12-4-5-13-6-7(11)8-2-3-9(10)14-8/h2-3,7,11H,4-6H2,1H3. The molecule has 0 aliphatic heterocycles. The van der Waals surface area contributed by atoms with Crippen molar-refractivity contribution < 1.29 is 14.6 Å². The summed E-state index contributed by atoms with van der Waals surface area (Å²) in [6, 6.07) is 3.57. The summed E-state index contributed by atoms with van der Waals surface area (Å²) in [6.07, 6.45) is -0.593. The molecule has 1 unspecified atom stereocenters. The SMILES string of the molecule is COCCOCC(O)c1ccc(Cl)s1. The average molecular weight is 237 g/mol. The largest absolute Gasteiger partial charge is 0.385 e. The zero-order valence-corrected chi connectivity index (χ0v) is 9.48. The second-order valence-electron chi connectivity index (χ2n) is 2.73. The predicted molar refractivity (Wildman–Crippen MR) is 57.0 cm³/mol. The Bertz CT molecular complexity index is 264. The highest BCUT2D eigenvalue weighted by atomic mass is 35.5. The van der Waals surface area contributed by atoms with Gasteiger partial charge < -0.3 is 14.6 Å². The summed E-state index contributed by atoms with van der Waals surface area (Å²) in [5.74, 6) is 0. The average Bonchev–Trinajstić information content (AvgIpc) is 2.59. The first-order valence-electron chi connectivity index (χ1n) is 4.24. The maximum Gasteiger partial charge on any atom is 0.111 e. The third kappa shape index (κ3) is 3.94. The van der Waals surface area contributed by atoms with E-state index < -0.39 is 6.10 Å². The van der Waals surface area contributed by atoms with Crippen LogP contribution in [0.4, 0.5) is 0 Å². The molecule has 1 atom stereocenters. The van der Waals surface area contributed by atoms with Crippen molar-refractivity contribution in [3.63, 3.8) is 0 Å². The van der Waals surface area contributed by atoms with Crippen molar-refractivity contribution in [3.05, 3.63) is 21.3 Å². The maximum atomic E-state index is 9.62. The molecule has 0 saturated heterocycles. The Morgan fingerprint density at radius 3 is 2.86 bits per heavy atom. The lowest BCUT2D eigenvalue weighted by Gasteiger charge is -2.08. The van der Waals surface area contributed by atoms with E-state index in [1.807, 2.05) is 0 Å². The Morgan fingerprint density at radius 1 is 1.50 bits per heavy atom. The highest BCUT2D eigenvalue weighted by Crippen LogP contribution is 2.26. The van der Waals surface area contributed by atoms with E-state index in [0.717, 1.165) is 4.88 Å². The molecule has 1 rings (SSSR count). The van der Waals surface area contributed by atoms with E-state index in [1.165, 1.54) is 11.3 Å². The summed E-state index contributed by atoms with van der Waals surface area (Å²) in [5, 5.41) is 9.62. The monoisotopic (exact) mass is 236 g/mol. The molecule has 0 bridgehead atoms. The van der Waals surface area contributed by atoms with Crippen molar-refractivity contribution in [1.82, 2.24) is 0 Å². The number of aliphatic hydroxyl groups excluding tert-OH is 1. The van der Waals surface area contributed by atoms with Gasteiger partial charge in [-0.2, -0.15) is 0 Å². The van der Waals surface area contributed by atoms with Crippen molar-refractivity contribution in [1.29, 1.82) is 0 Å². The number of hydrogen-bond donors (Lipinski definition) is 1. The first kappa shape index (κ1) is 11.9. The summed E-state index contributed by atoms with van der Waals surface area (Å²) in [4.78, 5) is 0.826. The van der Waals surface area contributed by atoms with Gasteiger partial charge in [0, 0.05) is 12.0 Å². The van der Waals surface area contributed by atoms with Crippen LogP contribution in [0.25, 0.3) is 0 Å².